The van der Waals surface area contributed by atoms with Crippen LogP contribution in [0.2, 0.25) is 0 Å². The molecule has 3 N–H and O–H groups in total. The highest BCUT2D eigenvalue weighted by atomic mass is 19.1. The van der Waals surface area contributed by atoms with Crippen LogP contribution in [0.15, 0.2) is 36.5 Å². The van der Waals surface area contributed by atoms with Gasteiger partial charge in [-0.1, -0.05) is 12.2 Å². The number of hydrogen-bond acceptors (Lipinski definition) is 2. The van der Waals surface area contributed by atoms with Crippen LogP contribution in [0.25, 0.3) is 10.9 Å². The molecule has 3 rings (SSSR count). The maximum atomic E-state index is 13.2. The molecule has 1 aromatic carbocycles. The fourth-order valence-electron chi connectivity index (χ4n) is 3.10. The second-order valence-corrected chi connectivity index (χ2v) is 6.14. The molecule has 0 saturated heterocycles. The lowest BCUT2D eigenvalue weighted by Crippen LogP contribution is -2.42. The molecule has 126 valence electrons. The van der Waals surface area contributed by atoms with Gasteiger partial charge in [0.15, 0.2) is 0 Å². The summed E-state index contributed by atoms with van der Waals surface area (Å²) in [6, 6.07) is 3.30. The van der Waals surface area contributed by atoms with E-state index in [9.17, 15) is 19.1 Å². The van der Waals surface area contributed by atoms with E-state index in [4.69, 9.17) is 0 Å². The monoisotopic (exact) mass is 330 g/mol. The van der Waals surface area contributed by atoms with Gasteiger partial charge in [-0.2, -0.15) is 0 Å². The first kappa shape index (κ1) is 16.2. The number of carbonyl (C=O) groups excluding carboxylic acids is 1. The minimum absolute atomic E-state index is 0.146. The molecule has 0 bridgehead atoms. The summed E-state index contributed by atoms with van der Waals surface area (Å²) in [5.41, 5.74) is 1.34. The largest absolute Gasteiger partial charge is 0.480 e. The number of carboxylic acids is 1. The Kier molecular flexibility index (Phi) is 4.64. The molecule has 1 aromatic heterocycles. The second-order valence-electron chi connectivity index (χ2n) is 6.14. The third-order valence-electron chi connectivity index (χ3n) is 4.35. The second kappa shape index (κ2) is 6.86. The predicted octanol–water partition coefficient (Wildman–Crippen LogP) is 2.78. The highest BCUT2D eigenvalue weighted by Crippen LogP contribution is 2.22. The number of carboxylic acid groups (broad SMARTS) is 1. The SMILES string of the molecule is O=C(C[C@H]1C=CCC1)N[C@@H](Cc1c[nH]c2cc(F)ccc12)C(=O)O. The molecule has 1 heterocycles. The number of aliphatic carboxylic acids is 1. The van der Waals surface area contributed by atoms with E-state index in [1.54, 1.807) is 12.3 Å². The van der Waals surface area contributed by atoms with E-state index >= 15 is 0 Å². The van der Waals surface area contributed by atoms with Crippen LogP contribution in [0, 0.1) is 11.7 Å². The van der Waals surface area contributed by atoms with Gasteiger partial charge in [0.25, 0.3) is 0 Å². The van der Waals surface area contributed by atoms with Gasteiger partial charge in [0.2, 0.25) is 5.91 Å². The number of rotatable bonds is 6. The zero-order valence-electron chi connectivity index (χ0n) is 13.1. The summed E-state index contributed by atoms with van der Waals surface area (Å²) in [4.78, 5) is 26.5. The molecule has 2 aromatic rings. The minimum atomic E-state index is -1.08. The number of halogens is 1. The van der Waals surface area contributed by atoms with E-state index < -0.39 is 12.0 Å². The van der Waals surface area contributed by atoms with Crippen molar-refractivity contribution in [2.75, 3.05) is 0 Å². The third kappa shape index (κ3) is 3.64. The lowest BCUT2D eigenvalue weighted by molar-refractivity contribution is -0.141. The van der Waals surface area contributed by atoms with Crippen molar-refractivity contribution in [2.24, 2.45) is 5.92 Å². The maximum Gasteiger partial charge on any atom is 0.326 e. The molecule has 0 radical (unpaired) electrons. The first-order valence-electron chi connectivity index (χ1n) is 7.97. The molecule has 0 unspecified atom stereocenters. The summed E-state index contributed by atoms with van der Waals surface area (Å²) in [7, 11) is 0. The summed E-state index contributed by atoms with van der Waals surface area (Å²) in [6.07, 6.45) is 8.05. The van der Waals surface area contributed by atoms with Crippen molar-refractivity contribution in [1.29, 1.82) is 0 Å². The molecule has 1 aliphatic rings. The molecular weight excluding hydrogens is 311 g/mol. The van der Waals surface area contributed by atoms with E-state index in [1.807, 2.05) is 12.2 Å². The number of hydrogen-bond donors (Lipinski definition) is 3. The van der Waals surface area contributed by atoms with E-state index in [1.165, 1.54) is 12.1 Å². The van der Waals surface area contributed by atoms with Gasteiger partial charge in [-0.15, -0.1) is 0 Å². The summed E-state index contributed by atoms with van der Waals surface area (Å²) in [6.45, 7) is 0. The molecule has 1 aliphatic carbocycles. The first-order chi connectivity index (χ1) is 11.5. The molecular formula is C18H19FN2O3. The Labute approximate surface area is 138 Å². The minimum Gasteiger partial charge on any atom is -0.480 e. The fourth-order valence-corrected chi connectivity index (χ4v) is 3.10. The first-order valence-corrected chi connectivity index (χ1v) is 7.97. The third-order valence-corrected chi connectivity index (χ3v) is 4.35. The van der Waals surface area contributed by atoms with Crippen LogP contribution in [0.5, 0.6) is 0 Å². The van der Waals surface area contributed by atoms with Gasteiger partial charge in [-0.25, -0.2) is 9.18 Å². The van der Waals surface area contributed by atoms with Crippen LogP contribution >= 0.6 is 0 Å². The number of aromatic nitrogens is 1. The number of aromatic amines is 1. The molecule has 6 heteroatoms. The summed E-state index contributed by atoms with van der Waals surface area (Å²) < 4.78 is 13.2. The smallest absolute Gasteiger partial charge is 0.326 e. The van der Waals surface area contributed by atoms with Gasteiger partial charge in [0.05, 0.1) is 0 Å². The van der Waals surface area contributed by atoms with E-state index in [2.05, 4.69) is 10.3 Å². The van der Waals surface area contributed by atoms with E-state index in [0.29, 0.717) is 11.9 Å². The van der Waals surface area contributed by atoms with Crippen LogP contribution in [0.4, 0.5) is 4.39 Å². The van der Waals surface area contributed by atoms with Gasteiger partial charge in [-0.3, -0.25) is 4.79 Å². The van der Waals surface area contributed by atoms with Crippen LogP contribution in [-0.2, 0) is 16.0 Å². The molecule has 1 amide bonds. The topological polar surface area (TPSA) is 82.2 Å². The van der Waals surface area contributed by atoms with Crippen molar-refractivity contribution < 1.29 is 19.1 Å². The maximum absolute atomic E-state index is 13.2. The van der Waals surface area contributed by atoms with Crippen molar-refractivity contribution in [1.82, 2.24) is 10.3 Å². The van der Waals surface area contributed by atoms with Crippen molar-refractivity contribution in [2.45, 2.75) is 31.7 Å². The zero-order chi connectivity index (χ0) is 17.1. The van der Waals surface area contributed by atoms with E-state index in [-0.39, 0.29) is 24.1 Å². The average Bonchev–Trinajstić information content (AvgIpc) is 3.16. The van der Waals surface area contributed by atoms with Gasteiger partial charge < -0.3 is 15.4 Å². The normalized spacial score (nSPS) is 18.0. The Morgan fingerprint density at radius 1 is 1.42 bits per heavy atom. The number of fused-ring (bicyclic) bond motifs is 1. The highest BCUT2D eigenvalue weighted by molar-refractivity contribution is 5.86. The number of nitrogens with one attached hydrogen (secondary N) is 2. The Morgan fingerprint density at radius 2 is 2.25 bits per heavy atom. The quantitative estimate of drug-likeness (QED) is 0.712. The highest BCUT2D eigenvalue weighted by Gasteiger charge is 2.23. The van der Waals surface area contributed by atoms with Crippen LogP contribution in [0.1, 0.15) is 24.8 Å². The zero-order valence-corrected chi connectivity index (χ0v) is 13.1. The Balaban J connectivity index is 1.69. The molecule has 0 aliphatic heterocycles. The lowest BCUT2D eigenvalue weighted by Gasteiger charge is -2.15. The Bertz CT molecular complexity index is 797. The lowest BCUT2D eigenvalue weighted by atomic mass is 10.0. The summed E-state index contributed by atoms with van der Waals surface area (Å²) in [5.74, 6) is -1.51. The summed E-state index contributed by atoms with van der Waals surface area (Å²) >= 11 is 0. The van der Waals surface area contributed by atoms with Gasteiger partial charge in [-0.05, 0) is 42.5 Å². The number of amides is 1. The Hall–Kier alpha value is -2.63. The van der Waals surface area contributed by atoms with Crippen LogP contribution < -0.4 is 5.32 Å². The molecule has 2 atom stereocenters. The number of allylic oxidation sites excluding steroid dienone is 2. The fraction of sp³-hybridized carbons (Fsp3) is 0.333. The van der Waals surface area contributed by atoms with Crippen LogP contribution in [0.3, 0.4) is 0 Å². The van der Waals surface area contributed by atoms with Crippen molar-refractivity contribution in [3.8, 4) is 0 Å². The summed E-state index contributed by atoms with van der Waals surface area (Å²) in [5, 5.41) is 12.8. The number of H-pyrrole nitrogens is 1. The van der Waals surface area contributed by atoms with Gasteiger partial charge in [0.1, 0.15) is 11.9 Å². The number of carbonyl (C=O) groups is 2. The Morgan fingerprint density at radius 3 is 2.96 bits per heavy atom. The van der Waals surface area contributed by atoms with Crippen molar-refractivity contribution in [3.05, 3.63) is 47.9 Å². The van der Waals surface area contributed by atoms with Gasteiger partial charge in [0, 0.05) is 29.9 Å². The molecule has 0 fully saturated rings. The predicted molar refractivity (Wildman–Crippen MR) is 88.0 cm³/mol. The average molecular weight is 330 g/mol. The molecule has 0 saturated carbocycles. The molecule has 24 heavy (non-hydrogen) atoms. The van der Waals surface area contributed by atoms with Gasteiger partial charge >= 0.3 is 5.97 Å². The standard InChI is InChI=1S/C18H19FN2O3/c19-13-5-6-14-12(10-20-15(14)9-13)8-16(18(23)24)21-17(22)7-11-3-1-2-4-11/h1,3,5-6,9-11,16,20H,2,4,7-8H2,(H,21,22)(H,23,24)/t11-,16-/m0/s1. The van der Waals surface area contributed by atoms with Crippen molar-refractivity contribution in [3.63, 3.8) is 0 Å². The van der Waals surface area contributed by atoms with E-state index in [0.717, 1.165) is 23.8 Å². The molecule has 5 nitrogen and oxygen atoms in total. The molecule has 0 spiro atoms. The van der Waals surface area contributed by atoms with Crippen molar-refractivity contribution >= 4 is 22.8 Å². The number of benzene rings is 1. The van der Waals surface area contributed by atoms with Crippen LogP contribution in [-0.4, -0.2) is 28.0 Å².